The zero-order chi connectivity index (χ0) is 14.0. The first-order chi connectivity index (χ1) is 9.04. The van der Waals surface area contributed by atoms with E-state index >= 15 is 0 Å². The molecule has 1 aromatic carbocycles. The highest BCUT2D eigenvalue weighted by atomic mass is 16.2. The average Bonchev–Trinajstić information content (AvgIpc) is 2.36. The number of pyridine rings is 1. The van der Waals surface area contributed by atoms with Crippen molar-refractivity contribution >= 4 is 16.8 Å². The predicted octanol–water partition coefficient (Wildman–Crippen LogP) is 1.54. The molecule has 0 aliphatic carbocycles. The Morgan fingerprint density at radius 1 is 1.37 bits per heavy atom. The van der Waals surface area contributed by atoms with E-state index in [9.17, 15) is 9.59 Å². The van der Waals surface area contributed by atoms with Gasteiger partial charge in [-0.3, -0.25) is 9.59 Å². The zero-order valence-corrected chi connectivity index (χ0v) is 10.7. The maximum atomic E-state index is 12.2. The second-order valence-corrected chi connectivity index (χ2v) is 4.49. The van der Waals surface area contributed by atoms with Gasteiger partial charge in [-0.1, -0.05) is 18.2 Å². The fourth-order valence-corrected chi connectivity index (χ4v) is 1.92. The molecule has 5 heteroatoms. The van der Waals surface area contributed by atoms with Gasteiger partial charge in [0.25, 0.3) is 11.5 Å². The second-order valence-electron chi connectivity index (χ2n) is 4.49. The number of aromatic nitrogens is 1. The minimum absolute atomic E-state index is 0.0721. The van der Waals surface area contributed by atoms with Gasteiger partial charge in [0.1, 0.15) is 11.6 Å². The maximum Gasteiger partial charge on any atom is 0.267 e. The lowest BCUT2D eigenvalue weighted by Crippen LogP contribution is -2.32. The van der Waals surface area contributed by atoms with Crippen molar-refractivity contribution in [3.63, 3.8) is 0 Å². The van der Waals surface area contributed by atoms with Crippen molar-refractivity contribution in [3.05, 3.63) is 45.7 Å². The summed E-state index contributed by atoms with van der Waals surface area (Å²) < 4.78 is 0. The molecule has 0 spiro atoms. The Morgan fingerprint density at radius 3 is 2.68 bits per heavy atom. The fourth-order valence-electron chi connectivity index (χ4n) is 1.92. The number of nitrogens with one attached hydrogen (secondary N) is 2. The van der Waals surface area contributed by atoms with Crippen LogP contribution in [-0.2, 0) is 0 Å². The van der Waals surface area contributed by atoms with Gasteiger partial charge in [-0.2, -0.15) is 5.26 Å². The molecule has 2 rings (SSSR count). The smallest absolute Gasteiger partial charge is 0.267 e. The zero-order valence-electron chi connectivity index (χ0n) is 10.7. The van der Waals surface area contributed by atoms with Crippen LogP contribution in [0.1, 0.15) is 29.8 Å². The van der Waals surface area contributed by atoms with Crippen molar-refractivity contribution < 1.29 is 4.79 Å². The summed E-state index contributed by atoms with van der Waals surface area (Å²) in [6.45, 7) is 3.64. The molecule has 0 aliphatic heterocycles. The first-order valence-electron chi connectivity index (χ1n) is 5.90. The molecule has 2 aromatic rings. The molecule has 0 saturated carbocycles. The molecule has 0 atom stereocenters. The van der Waals surface area contributed by atoms with Gasteiger partial charge in [0.15, 0.2) is 0 Å². The normalized spacial score (nSPS) is 10.4. The van der Waals surface area contributed by atoms with Gasteiger partial charge in [-0.15, -0.1) is 0 Å². The topological polar surface area (TPSA) is 85.8 Å². The van der Waals surface area contributed by atoms with Gasteiger partial charge < -0.3 is 10.3 Å². The monoisotopic (exact) mass is 255 g/mol. The molecule has 2 N–H and O–H groups in total. The summed E-state index contributed by atoms with van der Waals surface area (Å²) in [5.74, 6) is -0.408. The van der Waals surface area contributed by atoms with Crippen LogP contribution in [0, 0.1) is 11.3 Å². The Bertz CT molecular complexity index is 738. The van der Waals surface area contributed by atoms with Gasteiger partial charge >= 0.3 is 0 Å². The van der Waals surface area contributed by atoms with E-state index in [0.717, 1.165) is 0 Å². The van der Waals surface area contributed by atoms with Crippen molar-refractivity contribution in [2.24, 2.45) is 0 Å². The van der Waals surface area contributed by atoms with E-state index in [4.69, 9.17) is 5.26 Å². The third-order valence-corrected chi connectivity index (χ3v) is 2.68. The molecule has 0 aliphatic rings. The van der Waals surface area contributed by atoms with Gasteiger partial charge in [-0.25, -0.2) is 0 Å². The quantitative estimate of drug-likeness (QED) is 0.853. The van der Waals surface area contributed by atoms with Gasteiger partial charge in [0, 0.05) is 16.9 Å². The third kappa shape index (κ3) is 2.33. The van der Waals surface area contributed by atoms with E-state index in [1.54, 1.807) is 30.3 Å². The van der Waals surface area contributed by atoms with E-state index in [2.05, 4.69) is 10.3 Å². The lowest BCUT2D eigenvalue weighted by Gasteiger charge is -2.11. The minimum Gasteiger partial charge on any atom is -0.350 e. The van der Waals surface area contributed by atoms with Gasteiger partial charge in [0.2, 0.25) is 0 Å². The number of carbonyl (C=O) groups is 1. The molecule has 1 heterocycles. The Morgan fingerprint density at radius 2 is 2.05 bits per heavy atom. The van der Waals surface area contributed by atoms with E-state index < -0.39 is 11.5 Å². The van der Waals surface area contributed by atoms with Crippen LogP contribution in [0.4, 0.5) is 0 Å². The number of aromatic amines is 1. The Labute approximate surface area is 109 Å². The van der Waals surface area contributed by atoms with Crippen molar-refractivity contribution in [1.29, 1.82) is 5.26 Å². The van der Waals surface area contributed by atoms with Crippen LogP contribution in [0.2, 0.25) is 0 Å². The SMILES string of the molecule is CC(C)NC(=O)c1c(C#N)c(=O)[nH]c2ccccc12. The Balaban J connectivity index is 2.79. The number of para-hydroxylation sites is 1. The fraction of sp³-hybridized carbons (Fsp3) is 0.214. The summed E-state index contributed by atoms with van der Waals surface area (Å²) in [4.78, 5) is 26.6. The number of benzene rings is 1. The minimum atomic E-state index is -0.546. The number of fused-ring (bicyclic) bond motifs is 1. The number of hydrogen-bond acceptors (Lipinski definition) is 3. The predicted molar refractivity (Wildman–Crippen MR) is 71.9 cm³/mol. The number of amides is 1. The first kappa shape index (κ1) is 12.8. The largest absolute Gasteiger partial charge is 0.350 e. The van der Waals surface area contributed by atoms with Crippen LogP contribution >= 0.6 is 0 Å². The molecule has 0 unspecified atom stereocenters. The van der Waals surface area contributed by atoms with Crippen molar-refractivity contribution in [1.82, 2.24) is 10.3 Å². The molecular weight excluding hydrogens is 242 g/mol. The number of carbonyl (C=O) groups excluding carboxylic acids is 1. The van der Waals surface area contributed by atoms with Crippen LogP contribution in [0.25, 0.3) is 10.9 Å². The molecule has 1 amide bonds. The number of nitrogens with zero attached hydrogens (tertiary/aromatic N) is 1. The van der Waals surface area contributed by atoms with Gasteiger partial charge in [0.05, 0.1) is 5.56 Å². The molecule has 1 aromatic heterocycles. The van der Waals surface area contributed by atoms with Crippen LogP contribution < -0.4 is 10.9 Å². The van der Waals surface area contributed by atoms with Crippen LogP contribution in [-0.4, -0.2) is 16.9 Å². The third-order valence-electron chi connectivity index (χ3n) is 2.68. The lowest BCUT2D eigenvalue weighted by atomic mass is 10.0. The van der Waals surface area contributed by atoms with Crippen molar-refractivity contribution in [2.75, 3.05) is 0 Å². The Kier molecular flexibility index (Phi) is 3.34. The molecule has 96 valence electrons. The maximum absolute atomic E-state index is 12.2. The summed E-state index contributed by atoms with van der Waals surface area (Å²) in [7, 11) is 0. The summed E-state index contributed by atoms with van der Waals surface area (Å²) >= 11 is 0. The Hall–Kier alpha value is -2.61. The first-order valence-corrected chi connectivity index (χ1v) is 5.90. The summed E-state index contributed by atoms with van der Waals surface area (Å²) in [5.41, 5.74) is -0.0251. The molecular formula is C14H13N3O2. The van der Waals surface area contributed by atoms with Crippen LogP contribution in [0.15, 0.2) is 29.1 Å². The summed E-state index contributed by atoms with van der Waals surface area (Å²) in [6.07, 6.45) is 0. The lowest BCUT2D eigenvalue weighted by molar-refractivity contribution is 0.0944. The molecule has 0 radical (unpaired) electrons. The number of rotatable bonds is 2. The van der Waals surface area contributed by atoms with E-state index in [0.29, 0.717) is 10.9 Å². The van der Waals surface area contributed by atoms with Gasteiger partial charge in [-0.05, 0) is 19.9 Å². The highest BCUT2D eigenvalue weighted by Crippen LogP contribution is 2.17. The molecule has 0 fully saturated rings. The highest BCUT2D eigenvalue weighted by Gasteiger charge is 2.19. The van der Waals surface area contributed by atoms with Crippen LogP contribution in [0.3, 0.4) is 0 Å². The molecule has 19 heavy (non-hydrogen) atoms. The molecule has 5 nitrogen and oxygen atoms in total. The summed E-state index contributed by atoms with van der Waals surface area (Å²) in [5, 5.41) is 12.4. The highest BCUT2D eigenvalue weighted by molar-refractivity contribution is 6.08. The number of H-pyrrole nitrogens is 1. The molecule has 0 saturated heterocycles. The average molecular weight is 255 g/mol. The standard InChI is InChI=1S/C14H13N3O2/c1-8(2)16-14(19)12-9-5-3-4-6-11(9)17-13(18)10(12)7-15/h3-6,8H,1-2H3,(H,16,19)(H,17,18). The van der Waals surface area contributed by atoms with E-state index in [1.807, 2.05) is 13.8 Å². The second kappa shape index (κ2) is 4.94. The van der Waals surface area contributed by atoms with Crippen LogP contribution in [0.5, 0.6) is 0 Å². The number of hydrogen-bond donors (Lipinski definition) is 2. The molecule has 0 bridgehead atoms. The van der Waals surface area contributed by atoms with E-state index in [-0.39, 0.29) is 17.2 Å². The summed E-state index contributed by atoms with van der Waals surface area (Å²) in [6, 6.07) is 8.66. The van der Waals surface area contributed by atoms with E-state index in [1.165, 1.54) is 0 Å². The number of nitriles is 1. The van der Waals surface area contributed by atoms with Crippen molar-refractivity contribution in [2.45, 2.75) is 19.9 Å². The van der Waals surface area contributed by atoms with Crippen molar-refractivity contribution in [3.8, 4) is 6.07 Å².